The number of nitrogens with zero attached hydrogens (tertiary/aromatic N) is 2. The van der Waals surface area contributed by atoms with Gasteiger partial charge < -0.3 is 5.32 Å². The summed E-state index contributed by atoms with van der Waals surface area (Å²) in [5, 5.41) is 3.21. The molecule has 3 atom stereocenters. The van der Waals surface area contributed by atoms with E-state index in [9.17, 15) is 4.79 Å². The van der Waals surface area contributed by atoms with Gasteiger partial charge in [0.05, 0.1) is 17.1 Å². The molecule has 4 rings (SSSR count). The lowest BCUT2D eigenvalue weighted by atomic mass is 9.93. The molecule has 5 heteroatoms. The Hall–Kier alpha value is -1.72. The molecule has 138 valence electrons. The summed E-state index contributed by atoms with van der Waals surface area (Å²) in [5.41, 5.74) is 4.39. The topological polar surface area (TPSA) is 45.2 Å². The Bertz CT molecular complexity index is 745. The molecular formula is C21H27N3OS. The Balaban J connectivity index is 1.33. The van der Waals surface area contributed by atoms with E-state index in [0.29, 0.717) is 12.1 Å². The molecule has 26 heavy (non-hydrogen) atoms. The molecule has 0 saturated carbocycles. The highest BCUT2D eigenvalue weighted by Crippen LogP contribution is 2.44. The standard InChI is InChI=1S/C21H27N3OS/c1-15-20(26-14-23-15)10-5-11-22-21(25)17-13-19(16-7-3-2-4-8-16)24-12-6-9-18(17)24/h2-4,7-8,14,17-19H,5-6,9-13H2,1H3,(H,22,25)/t17-,18+,19-/m0/s1. The molecule has 4 nitrogen and oxygen atoms in total. The second-order valence-corrected chi connectivity index (χ2v) is 8.41. The van der Waals surface area contributed by atoms with Gasteiger partial charge in [0, 0.05) is 23.5 Å². The monoisotopic (exact) mass is 369 g/mol. The molecule has 2 fully saturated rings. The zero-order valence-electron chi connectivity index (χ0n) is 15.4. The molecule has 0 unspecified atom stereocenters. The number of aromatic nitrogens is 1. The first kappa shape index (κ1) is 17.7. The second-order valence-electron chi connectivity index (χ2n) is 7.47. The average molecular weight is 370 g/mol. The summed E-state index contributed by atoms with van der Waals surface area (Å²) in [7, 11) is 0. The molecule has 2 saturated heterocycles. The van der Waals surface area contributed by atoms with E-state index >= 15 is 0 Å². The molecule has 0 aliphatic carbocycles. The predicted octanol–water partition coefficient (Wildman–Crippen LogP) is 3.73. The molecule has 0 radical (unpaired) electrons. The lowest BCUT2D eigenvalue weighted by molar-refractivity contribution is -0.125. The number of hydrogen-bond donors (Lipinski definition) is 1. The lowest BCUT2D eigenvalue weighted by Crippen LogP contribution is -2.37. The number of rotatable bonds is 6. The highest BCUT2D eigenvalue weighted by Gasteiger charge is 2.46. The minimum atomic E-state index is 0.132. The molecule has 0 bridgehead atoms. The van der Waals surface area contributed by atoms with Gasteiger partial charge in [-0.1, -0.05) is 30.3 Å². The second kappa shape index (κ2) is 7.89. The summed E-state index contributed by atoms with van der Waals surface area (Å²) >= 11 is 1.71. The van der Waals surface area contributed by atoms with Crippen LogP contribution in [0.3, 0.4) is 0 Å². The van der Waals surface area contributed by atoms with Crippen LogP contribution in [0.2, 0.25) is 0 Å². The highest BCUT2D eigenvalue weighted by atomic mass is 32.1. The first-order valence-electron chi connectivity index (χ1n) is 9.71. The number of benzene rings is 1. The maximum absolute atomic E-state index is 12.8. The van der Waals surface area contributed by atoms with E-state index in [0.717, 1.165) is 44.5 Å². The normalized spacial score (nSPS) is 25.3. The van der Waals surface area contributed by atoms with Gasteiger partial charge in [0.25, 0.3) is 0 Å². The molecule has 2 aliphatic heterocycles. The van der Waals surface area contributed by atoms with E-state index in [2.05, 4.69) is 52.5 Å². The van der Waals surface area contributed by atoms with E-state index in [-0.39, 0.29) is 11.8 Å². The first-order valence-corrected chi connectivity index (χ1v) is 10.6. The smallest absolute Gasteiger partial charge is 0.224 e. The van der Waals surface area contributed by atoms with E-state index in [4.69, 9.17) is 0 Å². The van der Waals surface area contributed by atoms with Gasteiger partial charge in [-0.05, 0) is 51.1 Å². The van der Waals surface area contributed by atoms with Crippen LogP contribution in [-0.4, -0.2) is 34.9 Å². The SMILES string of the molecule is Cc1ncsc1CCCNC(=O)[C@H]1C[C@@H](c2ccccc2)N2CCC[C@H]12. The molecule has 3 heterocycles. The third kappa shape index (κ3) is 3.55. The van der Waals surface area contributed by atoms with Gasteiger partial charge in [0.1, 0.15) is 0 Å². The molecule has 1 aromatic carbocycles. The molecule has 2 aromatic rings. The maximum Gasteiger partial charge on any atom is 0.224 e. The molecular weight excluding hydrogens is 342 g/mol. The number of fused-ring (bicyclic) bond motifs is 1. The average Bonchev–Trinajstić information content (AvgIpc) is 3.36. The Morgan fingerprint density at radius 3 is 2.96 bits per heavy atom. The number of aryl methyl sites for hydroxylation is 2. The Morgan fingerprint density at radius 2 is 2.19 bits per heavy atom. The van der Waals surface area contributed by atoms with Crippen LogP contribution in [0.1, 0.15) is 47.9 Å². The van der Waals surface area contributed by atoms with Crippen molar-refractivity contribution in [2.24, 2.45) is 5.92 Å². The Kier molecular flexibility index (Phi) is 5.36. The zero-order valence-corrected chi connectivity index (χ0v) is 16.2. The van der Waals surface area contributed by atoms with Gasteiger partial charge in [-0.25, -0.2) is 4.98 Å². The van der Waals surface area contributed by atoms with Crippen molar-refractivity contribution < 1.29 is 4.79 Å². The van der Waals surface area contributed by atoms with Crippen molar-refractivity contribution in [3.8, 4) is 0 Å². The summed E-state index contributed by atoms with van der Waals surface area (Å²) in [6.07, 6.45) is 5.31. The number of carbonyl (C=O) groups excluding carboxylic acids is 1. The van der Waals surface area contributed by atoms with E-state index in [1.807, 2.05) is 5.51 Å². The molecule has 1 N–H and O–H groups in total. The van der Waals surface area contributed by atoms with E-state index in [1.165, 1.54) is 16.9 Å². The van der Waals surface area contributed by atoms with Crippen LogP contribution in [0.5, 0.6) is 0 Å². The summed E-state index contributed by atoms with van der Waals surface area (Å²) in [6.45, 7) is 3.94. The van der Waals surface area contributed by atoms with Gasteiger partial charge in [0.2, 0.25) is 5.91 Å². The first-order chi connectivity index (χ1) is 12.7. The van der Waals surface area contributed by atoms with Crippen molar-refractivity contribution in [2.45, 2.75) is 51.1 Å². The van der Waals surface area contributed by atoms with Crippen molar-refractivity contribution in [1.82, 2.24) is 15.2 Å². The number of amides is 1. The quantitative estimate of drug-likeness (QED) is 0.789. The molecule has 1 amide bonds. The molecule has 1 aromatic heterocycles. The minimum Gasteiger partial charge on any atom is -0.356 e. The van der Waals surface area contributed by atoms with Crippen LogP contribution in [0.25, 0.3) is 0 Å². The predicted molar refractivity (Wildman–Crippen MR) is 105 cm³/mol. The van der Waals surface area contributed by atoms with Crippen LogP contribution in [0.4, 0.5) is 0 Å². The van der Waals surface area contributed by atoms with Gasteiger partial charge in [-0.2, -0.15) is 0 Å². The minimum absolute atomic E-state index is 0.132. The maximum atomic E-state index is 12.8. The zero-order chi connectivity index (χ0) is 17.9. The van der Waals surface area contributed by atoms with Crippen LogP contribution in [-0.2, 0) is 11.2 Å². The summed E-state index contributed by atoms with van der Waals surface area (Å²) < 4.78 is 0. The lowest BCUT2D eigenvalue weighted by Gasteiger charge is -2.24. The third-order valence-electron chi connectivity index (χ3n) is 5.93. The summed E-state index contributed by atoms with van der Waals surface area (Å²) in [5.74, 6) is 0.384. The fourth-order valence-corrected chi connectivity index (χ4v) is 5.43. The van der Waals surface area contributed by atoms with E-state index in [1.54, 1.807) is 11.3 Å². The van der Waals surface area contributed by atoms with Crippen LogP contribution in [0.15, 0.2) is 35.8 Å². The third-order valence-corrected chi connectivity index (χ3v) is 6.92. The van der Waals surface area contributed by atoms with Gasteiger partial charge >= 0.3 is 0 Å². The summed E-state index contributed by atoms with van der Waals surface area (Å²) in [6, 6.07) is 11.5. The van der Waals surface area contributed by atoms with Gasteiger partial charge in [-0.15, -0.1) is 11.3 Å². The fraction of sp³-hybridized carbons (Fsp3) is 0.524. The number of thiazole rings is 1. The van der Waals surface area contributed by atoms with Crippen molar-refractivity contribution in [1.29, 1.82) is 0 Å². The Morgan fingerprint density at radius 1 is 1.35 bits per heavy atom. The van der Waals surface area contributed by atoms with Crippen LogP contribution < -0.4 is 5.32 Å². The van der Waals surface area contributed by atoms with Crippen molar-refractivity contribution in [3.63, 3.8) is 0 Å². The van der Waals surface area contributed by atoms with Crippen molar-refractivity contribution in [3.05, 3.63) is 52.0 Å². The van der Waals surface area contributed by atoms with Crippen molar-refractivity contribution in [2.75, 3.05) is 13.1 Å². The van der Waals surface area contributed by atoms with Gasteiger partial charge in [0.15, 0.2) is 0 Å². The molecule has 0 spiro atoms. The fourth-order valence-electron chi connectivity index (χ4n) is 4.61. The van der Waals surface area contributed by atoms with Crippen LogP contribution >= 0.6 is 11.3 Å². The largest absolute Gasteiger partial charge is 0.356 e. The van der Waals surface area contributed by atoms with Gasteiger partial charge in [-0.3, -0.25) is 9.69 Å². The Labute approximate surface area is 159 Å². The summed E-state index contributed by atoms with van der Waals surface area (Å²) in [4.78, 5) is 21.0. The van der Waals surface area contributed by atoms with Crippen LogP contribution in [0, 0.1) is 12.8 Å². The van der Waals surface area contributed by atoms with Crippen molar-refractivity contribution >= 4 is 17.2 Å². The highest BCUT2D eigenvalue weighted by molar-refractivity contribution is 7.09. The number of carbonyl (C=O) groups is 1. The van der Waals surface area contributed by atoms with E-state index < -0.39 is 0 Å². The molecule has 2 aliphatic rings. The number of hydrogen-bond acceptors (Lipinski definition) is 4. The number of nitrogens with one attached hydrogen (secondary N) is 1.